The van der Waals surface area contributed by atoms with Gasteiger partial charge in [-0.3, -0.25) is 10.1 Å². The van der Waals surface area contributed by atoms with E-state index >= 15 is 0 Å². The molecular weight excluding hydrogens is 324 g/mol. The van der Waals surface area contributed by atoms with Crippen LogP contribution in [-0.4, -0.2) is 32.8 Å². The summed E-state index contributed by atoms with van der Waals surface area (Å²) in [7, 11) is 0. The van der Waals surface area contributed by atoms with Gasteiger partial charge in [-0.15, -0.1) is 0 Å². The minimum Gasteiger partial charge on any atom is -0.333 e. The number of carbonyl (C=O) groups is 2. The van der Waals surface area contributed by atoms with E-state index in [2.05, 4.69) is 27.1 Å². The van der Waals surface area contributed by atoms with Gasteiger partial charge in [-0.1, -0.05) is 24.6 Å². The normalized spacial score (nSPS) is 15.5. The van der Waals surface area contributed by atoms with E-state index in [1.165, 1.54) is 43.1 Å². The van der Waals surface area contributed by atoms with Gasteiger partial charge in [-0.2, -0.15) is 0 Å². The van der Waals surface area contributed by atoms with Crippen molar-refractivity contribution in [1.29, 1.82) is 0 Å². The van der Waals surface area contributed by atoms with Crippen molar-refractivity contribution in [1.82, 2.24) is 20.2 Å². The summed E-state index contributed by atoms with van der Waals surface area (Å²) in [6, 6.07) is 0.0283. The number of imidazole rings is 1. The zero-order chi connectivity index (χ0) is 17.9. The molecule has 0 radical (unpaired) electrons. The molecule has 0 aliphatic heterocycles. The molecule has 1 aromatic heterocycles. The van der Waals surface area contributed by atoms with Crippen LogP contribution in [0.1, 0.15) is 63.9 Å². The highest BCUT2D eigenvalue weighted by atomic mass is 32.2. The molecule has 6 nitrogen and oxygen atoms in total. The minimum absolute atomic E-state index is 0.181. The minimum atomic E-state index is -0.459. The summed E-state index contributed by atoms with van der Waals surface area (Å²) in [5, 5.41) is 5.96. The average molecular weight is 353 g/mol. The molecule has 1 heterocycles. The maximum absolute atomic E-state index is 12.0. The van der Waals surface area contributed by atoms with Crippen molar-refractivity contribution in [3.05, 3.63) is 11.4 Å². The van der Waals surface area contributed by atoms with Crippen molar-refractivity contribution in [3.63, 3.8) is 0 Å². The van der Waals surface area contributed by atoms with Gasteiger partial charge in [0.25, 0.3) is 0 Å². The Morgan fingerprint density at radius 3 is 2.46 bits per heavy atom. The van der Waals surface area contributed by atoms with Crippen LogP contribution < -0.4 is 10.6 Å². The number of imide groups is 1. The average Bonchev–Trinajstić information content (AvgIpc) is 3.04. The fraction of sp³-hybridized carbons (Fsp3) is 0.706. The summed E-state index contributed by atoms with van der Waals surface area (Å²) < 4.78 is 2.27. The zero-order valence-corrected chi connectivity index (χ0v) is 16.0. The number of thioether (sulfide) groups is 1. The van der Waals surface area contributed by atoms with Crippen LogP contribution in [0.15, 0.2) is 5.16 Å². The van der Waals surface area contributed by atoms with Crippen molar-refractivity contribution in [2.45, 2.75) is 77.0 Å². The van der Waals surface area contributed by atoms with Crippen molar-refractivity contribution in [2.24, 2.45) is 0 Å². The highest BCUT2D eigenvalue weighted by Crippen LogP contribution is 2.35. The van der Waals surface area contributed by atoms with E-state index in [0.29, 0.717) is 6.04 Å². The quantitative estimate of drug-likeness (QED) is 0.815. The Hall–Kier alpha value is -1.50. The van der Waals surface area contributed by atoms with Crippen LogP contribution in [0.3, 0.4) is 0 Å². The summed E-state index contributed by atoms with van der Waals surface area (Å²) in [5.41, 5.74) is 1.82. The Bertz CT molecular complexity index is 613. The number of urea groups is 1. The van der Waals surface area contributed by atoms with E-state index < -0.39 is 6.03 Å². The molecular formula is C17H28N4O2S. The van der Waals surface area contributed by atoms with Gasteiger partial charge in [0.05, 0.1) is 11.4 Å². The Morgan fingerprint density at radius 1 is 1.25 bits per heavy atom. The van der Waals surface area contributed by atoms with E-state index in [1.807, 2.05) is 27.7 Å². The van der Waals surface area contributed by atoms with E-state index in [1.54, 1.807) is 0 Å². The third-order valence-electron chi connectivity index (χ3n) is 4.12. The number of hydrogen-bond donors (Lipinski definition) is 2. The van der Waals surface area contributed by atoms with Gasteiger partial charge >= 0.3 is 6.03 Å². The molecule has 1 saturated carbocycles. The Morgan fingerprint density at radius 2 is 1.88 bits per heavy atom. The van der Waals surface area contributed by atoms with Gasteiger partial charge in [-0.25, -0.2) is 9.78 Å². The van der Waals surface area contributed by atoms with E-state index in [9.17, 15) is 9.59 Å². The summed E-state index contributed by atoms with van der Waals surface area (Å²) in [6.07, 6.45) is 4.84. The number of nitrogens with one attached hydrogen (secondary N) is 2. The number of rotatable bonds is 4. The molecule has 0 aromatic carbocycles. The van der Waals surface area contributed by atoms with Crippen molar-refractivity contribution in [3.8, 4) is 0 Å². The van der Waals surface area contributed by atoms with Crippen LogP contribution >= 0.6 is 11.8 Å². The van der Waals surface area contributed by atoms with Crippen LogP contribution in [-0.2, 0) is 4.79 Å². The molecule has 1 aliphatic rings. The molecule has 3 amide bonds. The molecule has 0 saturated heterocycles. The second-order valence-electron chi connectivity index (χ2n) is 7.41. The van der Waals surface area contributed by atoms with E-state index in [0.717, 1.165) is 10.9 Å². The maximum Gasteiger partial charge on any atom is 0.321 e. The second kappa shape index (κ2) is 7.59. The van der Waals surface area contributed by atoms with Crippen molar-refractivity contribution in [2.75, 3.05) is 5.75 Å². The maximum atomic E-state index is 12.0. The Kier molecular flexibility index (Phi) is 5.96. The van der Waals surface area contributed by atoms with Crippen LogP contribution in [0.5, 0.6) is 0 Å². The summed E-state index contributed by atoms with van der Waals surface area (Å²) in [4.78, 5) is 28.4. The highest BCUT2D eigenvalue weighted by molar-refractivity contribution is 7.99. The largest absolute Gasteiger partial charge is 0.333 e. The number of carbonyl (C=O) groups excluding carboxylic acids is 2. The first-order valence-electron chi connectivity index (χ1n) is 8.47. The van der Waals surface area contributed by atoms with Gasteiger partial charge in [0.1, 0.15) is 0 Å². The predicted octanol–water partition coefficient (Wildman–Crippen LogP) is 3.33. The number of hydrogen-bond acceptors (Lipinski definition) is 4. The molecule has 7 heteroatoms. The van der Waals surface area contributed by atoms with Gasteiger partial charge in [-0.05, 0) is 47.5 Å². The molecule has 0 atom stereocenters. The number of aryl methyl sites for hydroxylation is 1. The fourth-order valence-corrected chi connectivity index (χ4v) is 3.91. The van der Waals surface area contributed by atoms with Gasteiger partial charge in [0.15, 0.2) is 5.16 Å². The Labute approximate surface area is 148 Å². The lowest BCUT2D eigenvalue weighted by atomic mass is 10.1. The van der Waals surface area contributed by atoms with Crippen LogP contribution in [0.25, 0.3) is 0 Å². The molecule has 2 rings (SSSR count). The smallest absolute Gasteiger partial charge is 0.321 e. The molecule has 0 bridgehead atoms. The number of amides is 3. The Balaban J connectivity index is 1.95. The van der Waals surface area contributed by atoms with E-state index in [-0.39, 0.29) is 17.2 Å². The predicted molar refractivity (Wildman–Crippen MR) is 96.4 cm³/mol. The molecule has 2 N–H and O–H groups in total. The molecule has 1 fully saturated rings. The lowest BCUT2D eigenvalue weighted by Crippen LogP contribution is -2.48. The molecule has 1 aliphatic carbocycles. The molecule has 24 heavy (non-hydrogen) atoms. The van der Waals surface area contributed by atoms with Crippen LogP contribution in [0.2, 0.25) is 0 Å². The summed E-state index contributed by atoms with van der Waals surface area (Å²) >= 11 is 1.40. The van der Waals surface area contributed by atoms with Crippen LogP contribution in [0, 0.1) is 13.8 Å². The molecule has 0 spiro atoms. The first kappa shape index (κ1) is 18.8. The molecule has 0 unspecified atom stereocenters. The molecule has 134 valence electrons. The fourth-order valence-electron chi connectivity index (χ4n) is 2.95. The topological polar surface area (TPSA) is 76.0 Å². The first-order chi connectivity index (χ1) is 11.2. The molecule has 1 aromatic rings. The monoisotopic (exact) mass is 352 g/mol. The summed E-state index contributed by atoms with van der Waals surface area (Å²) in [5.74, 6) is -0.127. The van der Waals surface area contributed by atoms with Crippen LogP contribution in [0.4, 0.5) is 4.79 Å². The van der Waals surface area contributed by atoms with Gasteiger partial charge in [0.2, 0.25) is 5.91 Å². The first-order valence-corrected chi connectivity index (χ1v) is 9.46. The van der Waals surface area contributed by atoms with Crippen molar-refractivity contribution < 1.29 is 9.59 Å². The summed E-state index contributed by atoms with van der Waals surface area (Å²) in [6.45, 7) is 9.70. The zero-order valence-electron chi connectivity index (χ0n) is 15.2. The van der Waals surface area contributed by atoms with Crippen molar-refractivity contribution >= 4 is 23.7 Å². The second-order valence-corrected chi connectivity index (χ2v) is 8.36. The third-order valence-corrected chi connectivity index (χ3v) is 5.07. The lowest BCUT2D eigenvalue weighted by Gasteiger charge is -2.20. The SMILES string of the molecule is Cc1nc(SCC(=O)NC(=O)NC(C)(C)C)n(C2CCCC2)c1C. The lowest BCUT2D eigenvalue weighted by molar-refractivity contribution is -0.117. The standard InChI is InChI=1S/C17H28N4O2S/c1-11-12(2)21(13-8-6-7-9-13)16(18-11)24-10-14(22)19-15(23)20-17(3,4)5/h13H,6-10H2,1-5H3,(H2,19,20,22,23). The van der Waals surface area contributed by atoms with Gasteiger partial charge < -0.3 is 9.88 Å². The van der Waals surface area contributed by atoms with Gasteiger partial charge in [0, 0.05) is 17.3 Å². The highest BCUT2D eigenvalue weighted by Gasteiger charge is 2.24. The third kappa shape index (κ3) is 5.00. The van der Waals surface area contributed by atoms with E-state index in [4.69, 9.17) is 0 Å². The number of nitrogens with zero attached hydrogens (tertiary/aromatic N) is 2. The number of aromatic nitrogens is 2.